The summed E-state index contributed by atoms with van der Waals surface area (Å²) in [5.74, 6) is 2.69. The van der Waals surface area contributed by atoms with Crippen LogP contribution in [0.1, 0.15) is 97.3 Å². The third-order valence-electron chi connectivity index (χ3n) is 21.0. The standard InChI is InChI=1S/C48H30N4.C42H27N3/c1-2-14-29(15-3-1)38-28-43(50-48(49-38)52-39-23-11-8-16-30(39)31-17-9-12-24-40(31)52)51-41-25-13-10-22-36(41)46-42(51)27-26-37-44-32-18-4-6-20-34(32)45(47(37)46)35-21-7-5-19-33(35)44;1-3-13-26(14-4-1)34-25-37(44-42(43-34)27-15-5-2-6-16-27)45-35-22-12-11-21-32(35)40-36(45)24-23-33-38-28-17-7-9-19-30(28)39(41(33)40)31-20-10-8-18-29(31)38/h1-28,44-45H;1-25,38-39H/i;2D,5D,6D,15D,16D. The predicted molar refractivity (Wildman–Crippen MR) is 393 cm³/mol. The van der Waals surface area contributed by atoms with E-state index in [2.05, 4.69) is 262 Å². The molecule has 0 saturated heterocycles. The Kier molecular flexibility index (Phi) is 10.6. The van der Waals surface area contributed by atoms with Crippen LogP contribution in [-0.4, -0.2) is 33.6 Å². The number of rotatable bonds is 6. The van der Waals surface area contributed by atoms with Gasteiger partial charge in [-0.2, -0.15) is 4.98 Å². The zero-order valence-electron chi connectivity index (χ0n) is 57.2. The molecular formula is C90H57N7. The fourth-order valence-corrected chi connectivity index (χ4v) is 17.2. The van der Waals surface area contributed by atoms with Crippen molar-refractivity contribution in [2.75, 3.05) is 0 Å². The van der Waals surface area contributed by atoms with Crippen molar-refractivity contribution in [3.05, 3.63) is 388 Å². The van der Waals surface area contributed by atoms with Crippen molar-refractivity contribution in [3.63, 3.8) is 0 Å². The molecule has 0 amide bonds. The van der Waals surface area contributed by atoms with Crippen LogP contribution in [0.25, 0.3) is 117 Å². The fraction of sp³-hybridized carbons (Fsp3) is 0.0444. The molecular weight excluding hydrogens is 1180 g/mol. The second kappa shape index (κ2) is 21.0. The maximum absolute atomic E-state index is 8.77. The van der Waals surface area contributed by atoms with Gasteiger partial charge in [0.25, 0.3) is 0 Å². The lowest BCUT2D eigenvalue weighted by Gasteiger charge is -2.42. The molecule has 0 saturated carbocycles. The Hall–Kier alpha value is -12.6. The van der Waals surface area contributed by atoms with Crippen molar-refractivity contribution in [1.29, 1.82) is 0 Å². The molecule has 5 heterocycles. The smallest absolute Gasteiger partial charge is 0.237 e. The molecule has 7 nitrogen and oxygen atoms in total. The van der Waals surface area contributed by atoms with Gasteiger partial charge < -0.3 is 0 Å². The normalized spacial score (nSPS) is 16.6. The van der Waals surface area contributed by atoms with E-state index in [-0.39, 0.29) is 47.1 Å². The molecule has 5 aromatic heterocycles. The quantitative estimate of drug-likeness (QED) is 0.166. The molecule has 97 heavy (non-hydrogen) atoms. The molecule has 7 heteroatoms. The van der Waals surface area contributed by atoms with Gasteiger partial charge in [0.1, 0.15) is 11.6 Å². The number of nitrogens with zero attached hydrogens (tertiary/aromatic N) is 7. The lowest BCUT2D eigenvalue weighted by atomic mass is 9.60. The summed E-state index contributed by atoms with van der Waals surface area (Å²) >= 11 is 0. The molecule has 0 spiro atoms. The second-order valence-corrected chi connectivity index (χ2v) is 25.8. The molecule has 0 fully saturated rings. The first-order valence-electron chi connectivity index (χ1n) is 35.7. The van der Waals surface area contributed by atoms with Crippen LogP contribution < -0.4 is 0 Å². The Balaban J connectivity index is 0.000000133. The van der Waals surface area contributed by atoms with Crippen LogP contribution >= 0.6 is 0 Å². The van der Waals surface area contributed by atoms with Gasteiger partial charge in [-0.25, -0.2) is 15.0 Å². The first kappa shape index (κ1) is 49.1. The van der Waals surface area contributed by atoms with E-state index in [9.17, 15) is 0 Å². The zero-order chi connectivity index (χ0) is 67.8. The number of hydrogen-bond acceptors (Lipinski definition) is 4. The van der Waals surface area contributed by atoms with Crippen molar-refractivity contribution in [2.45, 2.75) is 23.7 Å². The van der Waals surface area contributed by atoms with E-state index in [1.807, 2.05) is 42.5 Å². The highest BCUT2D eigenvalue weighted by atomic mass is 15.2. The van der Waals surface area contributed by atoms with Crippen molar-refractivity contribution >= 4 is 65.4 Å². The van der Waals surface area contributed by atoms with E-state index in [1.165, 1.54) is 93.7 Å². The average Bonchev–Trinajstić information content (AvgIpc) is 1.25. The summed E-state index contributed by atoms with van der Waals surface area (Å²) in [4.78, 5) is 20.7. The summed E-state index contributed by atoms with van der Waals surface area (Å²) in [6, 6.07) is 102. The summed E-state index contributed by atoms with van der Waals surface area (Å²) in [6.07, 6.45) is 0. The predicted octanol–water partition coefficient (Wildman–Crippen LogP) is 21.2. The van der Waals surface area contributed by atoms with Crippen LogP contribution in [-0.2, 0) is 0 Å². The first-order valence-corrected chi connectivity index (χ1v) is 33.2. The zero-order valence-corrected chi connectivity index (χ0v) is 52.2. The van der Waals surface area contributed by atoms with Crippen LogP contribution in [0.3, 0.4) is 0 Å². The second-order valence-electron chi connectivity index (χ2n) is 25.8. The molecule has 0 aliphatic heterocycles. The number of aromatic nitrogens is 7. The van der Waals surface area contributed by atoms with Gasteiger partial charge in [0, 0.05) is 84.8 Å². The molecule has 0 radical (unpaired) electrons. The first-order chi connectivity index (χ1) is 50.3. The van der Waals surface area contributed by atoms with Crippen LogP contribution in [0.4, 0.5) is 0 Å². The van der Waals surface area contributed by atoms with Gasteiger partial charge in [0.05, 0.1) is 51.3 Å². The minimum Gasteiger partial charge on any atom is -0.294 e. The summed E-state index contributed by atoms with van der Waals surface area (Å²) < 4.78 is 49.2. The Labute approximate surface area is 566 Å². The van der Waals surface area contributed by atoms with E-state index in [1.54, 1.807) is 0 Å². The highest BCUT2D eigenvalue weighted by Crippen LogP contribution is 2.60. The summed E-state index contributed by atoms with van der Waals surface area (Å²) in [5.41, 5.74) is 26.3. The highest BCUT2D eigenvalue weighted by molar-refractivity contribution is 6.14. The van der Waals surface area contributed by atoms with Gasteiger partial charge in [-0.15, -0.1) is 0 Å². The summed E-state index contributed by atoms with van der Waals surface area (Å²) in [7, 11) is 0. The van der Waals surface area contributed by atoms with Crippen LogP contribution in [0.2, 0.25) is 0 Å². The van der Waals surface area contributed by atoms with Crippen LogP contribution in [0.15, 0.2) is 321 Å². The van der Waals surface area contributed by atoms with Gasteiger partial charge >= 0.3 is 0 Å². The Morgan fingerprint density at radius 1 is 0.258 bits per heavy atom. The molecule has 6 aliphatic carbocycles. The van der Waals surface area contributed by atoms with Crippen LogP contribution in [0, 0.1) is 0 Å². The molecule has 0 atom stereocenters. The average molecular weight is 1240 g/mol. The highest BCUT2D eigenvalue weighted by Gasteiger charge is 2.44. The lowest BCUT2D eigenvalue weighted by Crippen LogP contribution is -2.27. The van der Waals surface area contributed by atoms with Gasteiger partial charge in [0.2, 0.25) is 5.95 Å². The molecule has 13 aromatic carbocycles. The maximum atomic E-state index is 8.77. The van der Waals surface area contributed by atoms with Crippen molar-refractivity contribution in [3.8, 4) is 51.5 Å². The minimum atomic E-state index is -0.451. The maximum Gasteiger partial charge on any atom is 0.237 e. The largest absolute Gasteiger partial charge is 0.294 e. The topological polar surface area (TPSA) is 66.3 Å². The third-order valence-corrected chi connectivity index (χ3v) is 21.0. The van der Waals surface area contributed by atoms with Crippen molar-refractivity contribution in [2.24, 2.45) is 0 Å². The van der Waals surface area contributed by atoms with Gasteiger partial charge in [-0.1, -0.05) is 273 Å². The molecule has 0 unspecified atom stereocenters. The van der Waals surface area contributed by atoms with Gasteiger partial charge in [-0.05, 0) is 103 Å². The molecule has 18 aromatic rings. The Morgan fingerprint density at radius 3 is 1.04 bits per heavy atom. The number of benzene rings is 13. The molecule has 4 bridgehead atoms. The number of para-hydroxylation sites is 4. The minimum absolute atomic E-state index is 0.0290. The SMILES string of the molecule is [2H]c1c([2H])c([2H])c(-c2nc(-c3ccccc3)cc(-n3c4ccccc4c4c5c(ccc43)C3c4ccccc4C5c4ccccc43)n2)c([2H])c1[2H].c1ccc(-c2cc(-n3c4ccccc4c4c5c(ccc43)C3c4ccccc4C5c4ccccc43)nc(-n3c4ccccc4c4ccccc43)n2)cc1. The Morgan fingerprint density at radius 2 is 0.608 bits per heavy atom. The number of hydrogen-bond donors (Lipinski definition) is 0. The van der Waals surface area contributed by atoms with E-state index in [0.29, 0.717) is 17.5 Å². The van der Waals surface area contributed by atoms with Crippen molar-refractivity contribution in [1.82, 2.24) is 33.6 Å². The summed E-state index contributed by atoms with van der Waals surface area (Å²) in [6.45, 7) is 0. The van der Waals surface area contributed by atoms with E-state index in [0.717, 1.165) is 61.1 Å². The summed E-state index contributed by atoms with van der Waals surface area (Å²) in [5, 5.41) is 7.20. The van der Waals surface area contributed by atoms with E-state index >= 15 is 0 Å². The van der Waals surface area contributed by atoms with E-state index in [4.69, 9.17) is 26.8 Å². The van der Waals surface area contributed by atoms with Gasteiger partial charge in [-0.3, -0.25) is 13.7 Å². The van der Waals surface area contributed by atoms with E-state index < -0.39 is 18.1 Å². The lowest BCUT2D eigenvalue weighted by molar-refractivity contribution is 0.761. The fourth-order valence-electron chi connectivity index (χ4n) is 17.2. The van der Waals surface area contributed by atoms with Crippen LogP contribution in [0.5, 0.6) is 0 Å². The molecule has 6 aliphatic rings. The van der Waals surface area contributed by atoms with Crippen molar-refractivity contribution < 1.29 is 6.85 Å². The molecule has 452 valence electrons. The molecule has 0 N–H and O–H groups in total. The third kappa shape index (κ3) is 7.85. The molecule has 24 rings (SSSR count). The monoisotopic (exact) mass is 1240 g/mol. The van der Waals surface area contributed by atoms with Gasteiger partial charge in [0.15, 0.2) is 5.82 Å². The number of fused-ring (bicyclic) bond motifs is 9. The Bertz CT molecular complexity index is 6460.